The number of carbonyl (C=O) groups excluding carboxylic acids is 1. The van der Waals surface area contributed by atoms with Gasteiger partial charge in [-0.25, -0.2) is 0 Å². The van der Waals surface area contributed by atoms with Crippen molar-refractivity contribution >= 4 is 29.0 Å². The number of nitrogens with one attached hydrogen (secondary N) is 1. The first-order valence-corrected chi connectivity index (χ1v) is 11.5. The second kappa shape index (κ2) is 8.52. The van der Waals surface area contributed by atoms with Crippen LogP contribution in [0.5, 0.6) is 5.75 Å². The lowest BCUT2D eigenvalue weighted by atomic mass is 9.86. The molecule has 0 fully saturated rings. The lowest BCUT2D eigenvalue weighted by Gasteiger charge is -2.24. The zero-order valence-electron chi connectivity index (χ0n) is 18.7. The summed E-state index contributed by atoms with van der Waals surface area (Å²) >= 11 is 6.22. The van der Waals surface area contributed by atoms with Crippen LogP contribution in [0.4, 0.5) is 5.82 Å². The Morgan fingerprint density at radius 1 is 1.09 bits per heavy atom. The molecule has 0 spiro atoms. The van der Waals surface area contributed by atoms with E-state index in [4.69, 9.17) is 21.4 Å². The topological polar surface area (TPSA) is 99.2 Å². The predicted molar refractivity (Wildman–Crippen MR) is 130 cm³/mol. The Bertz CT molecular complexity index is 1560. The number of ether oxygens (including phenoxy) is 1. The number of fused-ring (bicyclic) bond motifs is 2. The minimum atomic E-state index is -0.135. The highest BCUT2D eigenvalue weighted by atomic mass is 35.5. The van der Waals surface area contributed by atoms with E-state index < -0.39 is 0 Å². The van der Waals surface area contributed by atoms with E-state index in [0.717, 1.165) is 28.1 Å². The van der Waals surface area contributed by atoms with Crippen LogP contribution in [-0.4, -0.2) is 35.5 Å². The molecule has 0 radical (unpaired) electrons. The van der Waals surface area contributed by atoms with Crippen LogP contribution in [0.1, 0.15) is 34.7 Å². The molecule has 4 heterocycles. The van der Waals surface area contributed by atoms with Gasteiger partial charge in [0.05, 0.1) is 5.69 Å². The van der Waals surface area contributed by atoms with Gasteiger partial charge < -0.3 is 10.1 Å². The van der Waals surface area contributed by atoms with E-state index in [1.165, 1.54) is 6.33 Å². The number of amides is 1. The normalized spacial score (nSPS) is 15.1. The van der Waals surface area contributed by atoms with Gasteiger partial charge in [0.2, 0.25) is 5.91 Å². The van der Waals surface area contributed by atoms with Crippen molar-refractivity contribution < 1.29 is 9.53 Å². The minimum Gasteiger partial charge on any atom is -0.489 e. The quantitative estimate of drug-likeness (QED) is 0.398. The van der Waals surface area contributed by atoms with Gasteiger partial charge >= 0.3 is 0 Å². The summed E-state index contributed by atoms with van der Waals surface area (Å²) in [6.45, 7) is 2.32. The fourth-order valence-electron chi connectivity index (χ4n) is 4.40. The van der Waals surface area contributed by atoms with E-state index in [-0.39, 0.29) is 11.8 Å². The summed E-state index contributed by atoms with van der Waals surface area (Å²) in [7, 11) is 0. The summed E-state index contributed by atoms with van der Waals surface area (Å²) < 4.78 is 9.15. The van der Waals surface area contributed by atoms with E-state index in [9.17, 15) is 4.79 Å². The molecule has 0 aliphatic carbocycles. The predicted octanol–water partition coefficient (Wildman–Crippen LogP) is 4.32. The van der Waals surface area contributed by atoms with Gasteiger partial charge in [-0.1, -0.05) is 41.9 Å². The highest BCUT2D eigenvalue weighted by molar-refractivity contribution is 6.31. The standard InChI is InChI=1S/C25H20ClN7O2/c1-15-24-19(16-6-8-18(9-7-16)35-13-17-4-2-3-5-20(17)26)12-23(34)28-25(24)33(30-15)22-11-10-21-29-27-14-32(21)31-22/h2-11,14,19H,12-13H2,1H3,(H,28,34)/t19-/m1/s1. The summed E-state index contributed by atoms with van der Waals surface area (Å²) in [4.78, 5) is 12.7. The molecule has 0 saturated carbocycles. The summed E-state index contributed by atoms with van der Waals surface area (Å²) in [5.41, 5.74) is 4.36. The lowest BCUT2D eigenvalue weighted by Crippen LogP contribution is -2.25. The van der Waals surface area contributed by atoms with Crippen molar-refractivity contribution in [1.29, 1.82) is 0 Å². The number of nitrogens with zero attached hydrogens (tertiary/aromatic N) is 6. The average molecular weight is 486 g/mol. The summed E-state index contributed by atoms with van der Waals surface area (Å²) in [5.74, 6) is 1.71. The van der Waals surface area contributed by atoms with Gasteiger partial charge in [-0.15, -0.1) is 15.3 Å². The fraction of sp³-hybridized carbons (Fsp3) is 0.160. The molecule has 10 heteroatoms. The van der Waals surface area contributed by atoms with E-state index >= 15 is 0 Å². The molecular weight excluding hydrogens is 466 g/mol. The molecule has 0 bridgehead atoms. The number of anilines is 1. The SMILES string of the molecule is Cc1nn(-c2ccc3nncn3n2)c2c1[C@@H](c1ccc(OCc3ccccc3Cl)cc1)CC(=O)N2. The molecular formula is C25H20ClN7O2. The number of hydrogen-bond donors (Lipinski definition) is 1. The maximum absolute atomic E-state index is 12.7. The summed E-state index contributed by atoms with van der Waals surface area (Å²) in [6, 6.07) is 19.0. The highest BCUT2D eigenvalue weighted by Crippen LogP contribution is 2.40. The van der Waals surface area contributed by atoms with Crippen molar-refractivity contribution in [3.05, 3.63) is 94.4 Å². The van der Waals surface area contributed by atoms with E-state index in [1.54, 1.807) is 15.3 Å². The van der Waals surface area contributed by atoms with Crippen molar-refractivity contribution in [3.63, 3.8) is 0 Å². The van der Waals surface area contributed by atoms with Gasteiger partial charge in [-0.2, -0.15) is 14.3 Å². The Balaban J connectivity index is 1.30. The third kappa shape index (κ3) is 3.89. The van der Waals surface area contributed by atoms with Crippen molar-refractivity contribution in [1.82, 2.24) is 29.6 Å². The molecule has 3 aromatic heterocycles. The molecule has 5 aromatic rings. The second-order valence-corrected chi connectivity index (χ2v) is 8.75. The first kappa shape index (κ1) is 21.3. The van der Waals surface area contributed by atoms with Gasteiger partial charge in [0, 0.05) is 28.5 Å². The Morgan fingerprint density at radius 2 is 1.91 bits per heavy atom. The zero-order chi connectivity index (χ0) is 23.9. The molecule has 1 aliphatic rings. The van der Waals surface area contributed by atoms with Gasteiger partial charge in [0.1, 0.15) is 24.5 Å². The molecule has 1 atom stereocenters. The van der Waals surface area contributed by atoms with Crippen LogP contribution < -0.4 is 10.1 Å². The molecule has 1 N–H and O–H groups in total. The molecule has 9 nitrogen and oxygen atoms in total. The van der Waals surface area contributed by atoms with E-state index in [1.807, 2.05) is 61.5 Å². The molecule has 1 aliphatic heterocycles. The van der Waals surface area contributed by atoms with Crippen molar-refractivity contribution in [2.75, 3.05) is 5.32 Å². The molecule has 2 aromatic carbocycles. The maximum Gasteiger partial charge on any atom is 0.226 e. The van der Waals surface area contributed by atoms with Crippen LogP contribution in [0.25, 0.3) is 11.5 Å². The lowest BCUT2D eigenvalue weighted by molar-refractivity contribution is -0.116. The van der Waals surface area contributed by atoms with Crippen LogP contribution in [0, 0.1) is 6.92 Å². The van der Waals surface area contributed by atoms with Crippen LogP contribution in [0.2, 0.25) is 5.02 Å². The molecule has 6 rings (SSSR count). The number of aryl methyl sites for hydroxylation is 1. The largest absolute Gasteiger partial charge is 0.489 e. The maximum atomic E-state index is 12.7. The van der Waals surface area contributed by atoms with Crippen LogP contribution in [0.3, 0.4) is 0 Å². The Hall–Kier alpha value is -4.24. The Labute approximate surface area is 205 Å². The van der Waals surface area contributed by atoms with Crippen molar-refractivity contribution in [2.24, 2.45) is 0 Å². The number of halogens is 1. The number of rotatable bonds is 5. The first-order valence-electron chi connectivity index (χ1n) is 11.1. The number of hydrogen-bond acceptors (Lipinski definition) is 6. The molecule has 174 valence electrons. The third-order valence-electron chi connectivity index (χ3n) is 6.10. The van der Waals surface area contributed by atoms with Crippen LogP contribution in [-0.2, 0) is 11.4 Å². The number of aromatic nitrogens is 6. The number of benzene rings is 2. The zero-order valence-corrected chi connectivity index (χ0v) is 19.5. The van der Waals surface area contributed by atoms with Crippen LogP contribution >= 0.6 is 11.6 Å². The van der Waals surface area contributed by atoms with E-state index in [2.05, 4.69) is 20.6 Å². The molecule has 0 unspecified atom stereocenters. The van der Waals surface area contributed by atoms with Crippen molar-refractivity contribution in [2.45, 2.75) is 25.9 Å². The van der Waals surface area contributed by atoms with Gasteiger partial charge in [-0.3, -0.25) is 4.79 Å². The summed E-state index contributed by atoms with van der Waals surface area (Å²) in [6.07, 6.45) is 1.86. The van der Waals surface area contributed by atoms with Gasteiger partial charge in [0.25, 0.3) is 0 Å². The second-order valence-electron chi connectivity index (χ2n) is 8.34. The highest BCUT2D eigenvalue weighted by Gasteiger charge is 2.33. The summed E-state index contributed by atoms with van der Waals surface area (Å²) in [5, 5.41) is 20.7. The average Bonchev–Trinajstić information content (AvgIpc) is 3.47. The minimum absolute atomic E-state index is 0.0759. The van der Waals surface area contributed by atoms with Crippen LogP contribution in [0.15, 0.2) is 67.0 Å². The fourth-order valence-corrected chi connectivity index (χ4v) is 4.59. The molecule has 0 saturated heterocycles. The monoisotopic (exact) mass is 485 g/mol. The Kier molecular flexibility index (Phi) is 5.18. The molecule has 35 heavy (non-hydrogen) atoms. The molecule has 1 amide bonds. The van der Waals surface area contributed by atoms with Gasteiger partial charge in [0.15, 0.2) is 11.5 Å². The van der Waals surface area contributed by atoms with Crippen molar-refractivity contribution in [3.8, 4) is 11.6 Å². The van der Waals surface area contributed by atoms with Gasteiger partial charge in [-0.05, 0) is 42.8 Å². The first-order chi connectivity index (χ1) is 17.1. The Morgan fingerprint density at radius 3 is 2.74 bits per heavy atom. The smallest absolute Gasteiger partial charge is 0.226 e. The number of carbonyl (C=O) groups is 1. The third-order valence-corrected chi connectivity index (χ3v) is 6.47. The van der Waals surface area contributed by atoms with E-state index in [0.29, 0.717) is 35.3 Å².